The highest BCUT2D eigenvalue weighted by Crippen LogP contribution is 2.33. The van der Waals surface area contributed by atoms with E-state index in [1.807, 2.05) is 30.3 Å². The normalized spacial score (nSPS) is 16.8. The molecule has 1 atom stereocenters. The summed E-state index contributed by atoms with van der Waals surface area (Å²) in [5.74, 6) is -1.05. The van der Waals surface area contributed by atoms with Crippen molar-refractivity contribution in [2.24, 2.45) is 5.92 Å². The van der Waals surface area contributed by atoms with Crippen molar-refractivity contribution in [3.05, 3.63) is 64.2 Å². The first-order valence-corrected chi connectivity index (χ1v) is 8.40. The zero-order valence-corrected chi connectivity index (χ0v) is 14.3. The van der Waals surface area contributed by atoms with Crippen molar-refractivity contribution in [3.63, 3.8) is 0 Å². The van der Waals surface area contributed by atoms with E-state index in [2.05, 4.69) is 5.32 Å². The first kappa shape index (κ1) is 17.6. The Morgan fingerprint density at radius 1 is 1.19 bits per heavy atom. The van der Waals surface area contributed by atoms with E-state index in [0.717, 1.165) is 16.9 Å². The summed E-state index contributed by atoms with van der Waals surface area (Å²) < 4.78 is 0. The first-order chi connectivity index (χ1) is 12.5. The number of nitro benzene ring substituents is 1. The molecule has 3 rings (SSSR count). The number of hydrogen-bond acceptors (Lipinski definition) is 5. The van der Waals surface area contributed by atoms with Gasteiger partial charge in [0.05, 0.1) is 10.6 Å². The minimum Gasteiger partial charge on any atom is -0.379 e. The molecule has 0 aromatic heterocycles. The Morgan fingerprint density at radius 3 is 2.54 bits per heavy atom. The molecule has 0 bridgehead atoms. The number of nitrogens with one attached hydrogen (secondary N) is 1. The van der Waals surface area contributed by atoms with Crippen LogP contribution in [0.25, 0.3) is 0 Å². The third-order valence-electron chi connectivity index (χ3n) is 4.38. The fourth-order valence-corrected chi connectivity index (χ4v) is 3.00. The van der Waals surface area contributed by atoms with Gasteiger partial charge in [0.15, 0.2) is 0 Å². The number of benzene rings is 2. The van der Waals surface area contributed by atoms with E-state index in [1.165, 1.54) is 6.07 Å². The molecule has 7 heteroatoms. The van der Waals surface area contributed by atoms with Crippen molar-refractivity contribution >= 4 is 28.9 Å². The predicted octanol–water partition coefficient (Wildman–Crippen LogP) is 3.15. The van der Waals surface area contributed by atoms with Gasteiger partial charge in [0.2, 0.25) is 11.8 Å². The Labute approximate surface area is 150 Å². The number of hydrogen-bond donors (Lipinski definition) is 1. The van der Waals surface area contributed by atoms with Gasteiger partial charge in [-0.05, 0) is 24.1 Å². The van der Waals surface area contributed by atoms with E-state index >= 15 is 0 Å². The van der Waals surface area contributed by atoms with Gasteiger partial charge < -0.3 is 5.32 Å². The van der Waals surface area contributed by atoms with Gasteiger partial charge in [-0.25, -0.2) is 0 Å². The molecular formula is C19H19N3O4. The highest BCUT2D eigenvalue weighted by molar-refractivity contribution is 6.21. The van der Waals surface area contributed by atoms with E-state index in [1.54, 1.807) is 19.1 Å². The van der Waals surface area contributed by atoms with E-state index in [9.17, 15) is 19.7 Å². The molecule has 1 aliphatic heterocycles. The number of carbonyl (C=O) groups is 2. The lowest BCUT2D eigenvalue weighted by atomic mass is 10.1. The maximum absolute atomic E-state index is 12.1. The Morgan fingerprint density at radius 2 is 1.92 bits per heavy atom. The molecule has 1 aliphatic rings. The minimum atomic E-state index is -0.511. The van der Waals surface area contributed by atoms with Crippen molar-refractivity contribution in [2.45, 2.75) is 19.8 Å². The molecular weight excluding hydrogens is 334 g/mol. The topological polar surface area (TPSA) is 92.6 Å². The lowest BCUT2D eigenvalue weighted by Crippen LogP contribution is -2.30. The van der Waals surface area contributed by atoms with Crippen molar-refractivity contribution in [2.75, 3.05) is 16.8 Å². The van der Waals surface area contributed by atoms with Gasteiger partial charge in [0, 0.05) is 24.9 Å². The number of amides is 2. The van der Waals surface area contributed by atoms with Gasteiger partial charge in [-0.3, -0.25) is 24.6 Å². The van der Waals surface area contributed by atoms with Crippen LogP contribution in [-0.2, 0) is 16.0 Å². The second kappa shape index (κ2) is 7.35. The average Bonchev–Trinajstić information content (AvgIpc) is 2.88. The maximum Gasteiger partial charge on any atom is 0.294 e. The Balaban J connectivity index is 1.78. The largest absolute Gasteiger partial charge is 0.379 e. The number of anilines is 2. The highest BCUT2D eigenvalue weighted by Gasteiger charge is 2.37. The summed E-state index contributed by atoms with van der Waals surface area (Å²) in [7, 11) is 0. The van der Waals surface area contributed by atoms with Gasteiger partial charge in [-0.15, -0.1) is 0 Å². The van der Waals surface area contributed by atoms with E-state index in [-0.39, 0.29) is 29.6 Å². The maximum atomic E-state index is 12.1. The summed E-state index contributed by atoms with van der Waals surface area (Å²) in [6, 6.07) is 14.2. The molecule has 1 saturated heterocycles. The molecule has 2 aromatic carbocycles. The van der Waals surface area contributed by atoms with E-state index in [0.29, 0.717) is 12.2 Å². The smallest absolute Gasteiger partial charge is 0.294 e. The summed E-state index contributed by atoms with van der Waals surface area (Å²) >= 11 is 0. The van der Waals surface area contributed by atoms with Crippen LogP contribution in [0, 0.1) is 16.0 Å². The number of imide groups is 1. The van der Waals surface area contributed by atoms with Gasteiger partial charge >= 0.3 is 0 Å². The monoisotopic (exact) mass is 353 g/mol. The molecule has 0 aliphatic carbocycles. The van der Waals surface area contributed by atoms with Crippen LogP contribution in [0.4, 0.5) is 17.1 Å². The minimum absolute atomic E-state index is 0.129. The van der Waals surface area contributed by atoms with Crippen LogP contribution in [0.2, 0.25) is 0 Å². The van der Waals surface area contributed by atoms with Crippen molar-refractivity contribution in [1.29, 1.82) is 0 Å². The lowest BCUT2D eigenvalue weighted by molar-refractivity contribution is -0.383. The van der Waals surface area contributed by atoms with Gasteiger partial charge in [0.25, 0.3) is 5.69 Å². The van der Waals surface area contributed by atoms with Crippen LogP contribution in [-0.4, -0.2) is 23.3 Å². The Kier molecular flexibility index (Phi) is 4.97. The molecule has 1 heterocycles. The van der Waals surface area contributed by atoms with Crippen LogP contribution in [0.1, 0.15) is 18.9 Å². The molecule has 134 valence electrons. The molecule has 0 saturated carbocycles. The van der Waals surface area contributed by atoms with Crippen LogP contribution in [0.3, 0.4) is 0 Å². The van der Waals surface area contributed by atoms with Crippen LogP contribution in [0.15, 0.2) is 48.5 Å². The standard InChI is InChI=1S/C19H19N3O4/c1-13-11-18(23)21(19(13)24)15-7-8-16(17(12-15)22(25)26)20-10-9-14-5-3-2-4-6-14/h2-8,12-13,20H,9-11H2,1H3/t13-/m1/s1. The summed E-state index contributed by atoms with van der Waals surface area (Å²) in [6.45, 7) is 2.21. The van der Waals surface area contributed by atoms with Crippen LogP contribution < -0.4 is 10.2 Å². The number of nitrogens with zero attached hydrogens (tertiary/aromatic N) is 2. The third-order valence-corrected chi connectivity index (χ3v) is 4.38. The van der Waals surface area contributed by atoms with E-state index in [4.69, 9.17) is 0 Å². The molecule has 26 heavy (non-hydrogen) atoms. The van der Waals surface area contributed by atoms with Gasteiger partial charge in [-0.1, -0.05) is 37.3 Å². The predicted molar refractivity (Wildman–Crippen MR) is 98.0 cm³/mol. The van der Waals surface area contributed by atoms with E-state index < -0.39 is 10.8 Å². The molecule has 1 N–H and O–H groups in total. The average molecular weight is 353 g/mol. The summed E-state index contributed by atoms with van der Waals surface area (Å²) in [4.78, 5) is 36.1. The fraction of sp³-hybridized carbons (Fsp3) is 0.263. The molecule has 0 spiro atoms. The van der Waals surface area contributed by atoms with Crippen LogP contribution >= 0.6 is 0 Å². The number of rotatable bonds is 6. The summed E-state index contributed by atoms with van der Waals surface area (Å²) in [5, 5.41) is 14.5. The van der Waals surface area contributed by atoms with Crippen molar-refractivity contribution in [3.8, 4) is 0 Å². The third kappa shape index (κ3) is 3.56. The Bertz CT molecular complexity index is 851. The quantitative estimate of drug-likeness (QED) is 0.489. The van der Waals surface area contributed by atoms with Crippen LogP contribution in [0.5, 0.6) is 0 Å². The summed E-state index contributed by atoms with van der Waals surface area (Å²) in [5.41, 5.74) is 1.57. The summed E-state index contributed by atoms with van der Waals surface area (Å²) in [6.07, 6.45) is 0.851. The van der Waals surface area contributed by atoms with Gasteiger partial charge in [0.1, 0.15) is 5.69 Å². The second-order valence-electron chi connectivity index (χ2n) is 6.29. The molecule has 1 fully saturated rings. The molecule has 0 unspecified atom stereocenters. The zero-order valence-electron chi connectivity index (χ0n) is 14.3. The highest BCUT2D eigenvalue weighted by atomic mass is 16.6. The SMILES string of the molecule is C[C@@H]1CC(=O)N(c2ccc(NCCc3ccccc3)c([N+](=O)[O-])c2)C1=O. The molecule has 2 aromatic rings. The first-order valence-electron chi connectivity index (χ1n) is 8.40. The molecule has 0 radical (unpaired) electrons. The molecule has 2 amide bonds. The molecule has 7 nitrogen and oxygen atoms in total. The van der Waals surface area contributed by atoms with Crippen molar-refractivity contribution < 1.29 is 14.5 Å². The lowest BCUT2D eigenvalue weighted by Gasteiger charge is -2.15. The zero-order chi connectivity index (χ0) is 18.7. The second-order valence-corrected chi connectivity index (χ2v) is 6.29. The number of nitro groups is 1. The Hall–Kier alpha value is -3.22. The van der Waals surface area contributed by atoms with Crippen molar-refractivity contribution in [1.82, 2.24) is 0 Å². The number of carbonyl (C=O) groups excluding carboxylic acids is 2. The fourth-order valence-electron chi connectivity index (χ4n) is 3.00. The van der Waals surface area contributed by atoms with Gasteiger partial charge in [-0.2, -0.15) is 0 Å².